The van der Waals surface area contributed by atoms with Gasteiger partial charge >= 0.3 is 0 Å². The van der Waals surface area contributed by atoms with Crippen molar-refractivity contribution in [3.63, 3.8) is 0 Å². The van der Waals surface area contributed by atoms with E-state index in [9.17, 15) is 4.57 Å². The summed E-state index contributed by atoms with van der Waals surface area (Å²) in [4.78, 5) is 0. The van der Waals surface area contributed by atoms with Gasteiger partial charge in [-0.25, -0.2) is 0 Å². The summed E-state index contributed by atoms with van der Waals surface area (Å²) in [6, 6.07) is 0. The van der Waals surface area contributed by atoms with E-state index in [1.54, 1.807) is 0 Å². The van der Waals surface area contributed by atoms with Crippen molar-refractivity contribution in [2.45, 2.75) is 0 Å². The van der Waals surface area contributed by atoms with Crippen molar-refractivity contribution in [2.75, 3.05) is 18.9 Å². The predicted molar refractivity (Wildman–Crippen MR) is 49.8 cm³/mol. The van der Waals surface area contributed by atoms with Crippen molar-refractivity contribution in [1.29, 1.82) is 0 Å². The molecular weight excluding hydrogens is 171 g/mol. The second kappa shape index (κ2) is 5.51. The Hall–Kier alpha value is -1.13. The molecule has 0 saturated heterocycles. The average molecular weight is 180 g/mol. The lowest BCUT2D eigenvalue weighted by atomic mass is 10.8. The third-order valence-corrected chi connectivity index (χ3v) is 2.98. The van der Waals surface area contributed by atoms with Crippen molar-refractivity contribution in [2.24, 2.45) is 0 Å². The van der Waals surface area contributed by atoms with Gasteiger partial charge in [0.1, 0.15) is 6.61 Å². The quantitative estimate of drug-likeness (QED) is 0.479. The normalized spacial score (nSPS) is 9.42. The zero-order valence-corrected chi connectivity index (χ0v) is 7.51. The van der Waals surface area contributed by atoms with Gasteiger partial charge in [0.05, 0.1) is 12.3 Å². The first-order valence-electron chi connectivity index (χ1n) is 3.21. The van der Waals surface area contributed by atoms with Crippen LogP contribution in [0.2, 0.25) is 0 Å². The van der Waals surface area contributed by atoms with E-state index in [1.807, 2.05) is 0 Å². The molecule has 0 aromatic heterocycles. The zero-order valence-electron chi connectivity index (χ0n) is 6.62. The van der Waals surface area contributed by atoms with E-state index < -0.39 is 7.37 Å². The van der Waals surface area contributed by atoms with Crippen LogP contribution < -0.4 is 0 Å². The first kappa shape index (κ1) is 10.9. The molecule has 0 rings (SSSR count). The van der Waals surface area contributed by atoms with E-state index in [0.717, 1.165) is 0 Å². The molecule has 0 amide bonds. The molecule has 2 nitrogen and oxygen atoms in total. The number of rotatable bonds is 4. The minimum Gasteiger partial charge on any atom is -0.314 e. The van der Waals surface area contributed by atoms with Crippen LogP contribution in [0.4, 0.5) is 0 Å². The van der Waals surface area contributed by atoms with Crippen LogP contribution in [0.1, 0.15) is 0 Å². The standard InChI is InChI=1S/C9H9O2P/c1-4-7-11-12(10,8-5-2)9-6-3/h1-3H,7-9H2. The molecule has 0 spiro atoms. The fourth-order valence-corrected chi connectivity index (χ4v) is 1.74. The lowest BCUT2D eigenvalue weighted by molar-refractivity contribution is 0.363. The predicted octanol–water partition coefficient (Wildman–Crippen LogP) is 1.18. The van der Waals surface area contributed by atoms with E-state index in [1.165, 1.54) is 0 Å². The fourth-order valence-electron chi connectivity index (χ4n) is 0.580. The van der Waals surface area contributed by atoms with Gasteiger partial charge in [-0.15, -0.1) is 19.3 Å². The Morgan fingerprint density at radius 2 is 1.58 bits per heavy atom. The van der Waals surface area contributed by atoms with E-state index in [2.05, 4.69) is 17.8 Å². The highest BCUT2D eigenvalue weighted by Crippen LogP contribution is 2.45. The summed E-state index contributed by atoms with van der Waals surface area (Å²) in [6.45, 7) is -0.0133. The van der Waals surface area contributed by atoms with E-state index in [0.29, 0.717) is 0 Å². The zero-order chi connectivity index (χ0) is 9.45. The number of hydrogen-bond donors (Lipinski definition) is 0. The van der Waals surface area contributed by atoms with Crippen LogP contribution in [-0.4, -0.2) is 18.9 Å². The highest BCUT2D eigenvalue weighted by atomic mass is 31.2. The van der Waals surface area contributed by atoms with Gasteiger partial charge in [-0.3, -0.25) is 4.57 Å². The molecule has 0 atom stereocenters. The van der Waals surface area contributed by atoms with Gasteiger partial charge in [-0.1, -0.05) is 17.8 Å². The molecule has 0 aliphatic heterocycles. The molecule has 62 valence electrons. The van der Waals surface area contributed by atoms with Gasteiger partial charge in [-0.2, -0.15) is 0 Å². The van der Waals surface area contributed by atoms with E-state index in [4.69, 9.17) is 23.8 Å². The summed E-state index contributed by atoms with van der Waals surface area (Å²) in [6.07, 6.45) is 15.0. The average Bonchev–Trinajstić information content (AvgIpc) is 2.02. The van der Waals surface area contributed by atoms with Gasteiger partial charge in [0, 0.05) is 0 Å². The Bertz CT molecular complexity index is 278. The highest BCUT2D eigenvalue weighted by molar-refractivity contribution is 7.59. The smallest absolute Gasteiger partial charge is 0.227 e. The number of terminal acetylenes is 3. The molecule has 0 N–H and O–H groups in total. The van der Waals surface area contributed by atoms with Crippen molar-refractivity contribution in [1.82, 2.24) is 0 Å². The van der Waals surface area contributed by atoms with Crippen molar-refractivity contribution < 1.29 is 9.09 Å². The first-order valence-corrected chi connectivity index (χ1v) is 5.21. The summed E-state index contributed by atoms with van der Waals surface area (Å²) < 4.78 is 16.5. The van der Waals surface area contributed by atoms with Crippen LogP contribution in [0.3, 0.4) is 0 Å². The third-order valence-electron chi connectivity index (χ3n) is 1.05. The molecular formula is C9H9O2P. The number of hydrogen-bond acceptors (Lipinski definition) is 2. The fraction of sp³-hybridized carbons (Fsp3) is 0.333. The van der Waals surface area contributed by atoms with Crippen LogP contribution in [0.15, 0.2) is 0 Å². The van der Waals surface area contributed by atoms with Crippen LogP contribution >= 0.6 is 7.37 Å². The Balaban J connectivity index is 4.25. The maximum atomic E-state index is 11.6. The monoisotopic (exact) mass is 180 g/mol. The van der Waals surface area contributed by atoms with Gasteiger partial charge in [0.25, 0.3) is 0 Å². The van der Waals surface area contributed by atoms with Gasteiger partial charge in [0.15, 0.2) is 0 Å². The lowest BCUT2D eigenvalue weighted by Crippen LogP contribution is -1.97. The molecule has 0 unspecified atom stereocenters. The van der Waals surface area contributed by atoms with Crippen LogP contribution in [0.5, 0.6) is 0 Å². The van der Waals surface area contributed by atoms with Gasteiger partial charge in [0.2, 0.25) is 7.37 Å². The summed E-state index contributed by atoms with van der Waals surface area (Å²) in [5.41, 5.74) is 0. The topological polar surface area (TPSA) is 26.3 Å². The summed E-state index contributed by atoms with van der Waals surface area (Å²) in [7, 11) is -2.85. The van der Waals surface area contributed by atoms with Crippen LogP contribution in [0.25, 0.3) is 0 Å². The molecule has 12 heavy (non-hydrogen) atoms. The molecule has 0 aliphatic carbocycles. The first-order chi connectivity index (χ1) is 5.68. The van der Waals surface area contributed by atoms with Gasteiger partial charge in [-0.05, 0) is 0 Å². The van der Waals surface area contributed by atoms with Crippen molar-refractivity contribution in [3.05, 3.63) is 0 Å². The van der Waals surface area contributed by atoms with E-state index in [-0.39, 0.29) is 18.9 Å². The Labute approximate surface area is 73.1 Å². The van der Waals surface area contributed by atoms with Crippen molar-refractivity contribution in [3.8, 4) is 37.0 Å². The van der Waals surface area contributed by atoms with Crippen LogP contribution in [0, 0.1) is 37.0 Å². The second-order valence-corrected chi connectivity index (χ2v) is 4.54. The minimum absolute atomic E-state index is 0.0133. The van der Waals surface area contributed by atoms with Crippen molar-refractivity contribution >= 4 is 7.37 Å². The Morgan fingerprint density at radius 1 is 1.08 bits per heavy atom. The van der Waals surface area contributed by atoms with E-state index >= 15 is 0 Å². The third kappa shape index (κ3) is 3.90. The van der Waals surface area contributed by atoms with Gasteiger partial charge < -0.3 is 4.52 Å². The Kier molecular flexibility index (Phi) is 4.99. The Morgan fingerprint density at radius 3 is 1.92 bits per heavy atom. The molecule has 0 aromatic rings. The molecule has 0 saturated carbocycles. The molecule has 0 radical (unpaired) electrons. The molecule has 0 aliphatic rings. The summed E-state index contributed by atoms with van der Waals surface area (Å²) >= 11 is 0. The second-order valence-electron chi connectivity index (χ2n) is 2.02. The molecule has 0 fully saturated rings. The maximum absolute atomic E-state index is 11.6. The summed E-state index contributed by atoms with van der Waals surface area (Å²) in [5.74, 6) is 6.71. The molecule has 3 heteroatoms. The summed E-state index contributed by atoms with van der Waals surface area (Å²) in [5, 5.41) is 0. The SMILES string of the molecule is C#CCOP(=O)(CC#C)CC#C. The lowest BCUT2D eigenvalue weighted by Gasteiger charge is -2.10. The molecule has 0 aromatic carbocycles. The maximum Gasteiger partial charge on any atom is 0.227 e. The largest absolute Gasteiger partial charge is 0.314 e. The minimum atomic E-state index is -2.85. The highest BCUT2D eigenvalue weighted by Gasteiger charge is 2.19. The molecule has 0 heterocycles. The molecule has 0 bridgehead atoms. The van der Waals surface area contributed by atoms with Crippen LogP contribution in [-0.2, 0) is 9.09 Å².